The molecule has 100 valence electrons. The summed E-state index contributed by atoms with van der Waals surface area (Å²) in [5.41, 5.74) is 5.75. The minimum atomic E-state index is -0.588. The second-order valence-electron chi connectivity index (χ2n) is 5.57. The molecule has 3 N–H and O–H groups in total. The molecule has 18 heavy (non-hydrogen) atoms. The molecule has 0 fully saturated rings. The van der Waals surface area contributed by atoms with Crippen molar-refractivity contribution in [3.05, 3.63) is 29.6 Å². The van der Waals surface area contributed by atoms with Crippen LogP contribution in [-0.4, -0.2) is 12.5 Å². The summed E-state index contributed by atoms with van der Waals surface area (Å²) in [7, 11) is 0. The summed E-state index contributed by atoms with van der Waals surface area (Å²) in [6.45, 7) is 8.83. The Hall–Kier alpha value is -1.58. The van der Waals surface area contributed by atoms with Gasteiger partial charge in [-0.15, -0.1) is 0 Å². The number of carbonyl (C=O) groups excluding carboxylic acids is 1. The molecule has 0 aliphatic rings. The third kappa shape index (κ3) is 3.45. The quantitative estimate of drug-likeness (QED) is 0.810. The van der Waals surface area contributed by atoms with Crippen molar-refractivity contribution in [1.29, 1.82) is 0 Å². The van der Waals surface area contributed by atoms with Crippen LogP contribution in [0.4, 0.5) is 10.1 Å². The van der Waals surface area contributed by atoms with Crippen LogP contribution in [0.25, 0.3) is 0 Å². The fourth-order valence-corrected chi connectivity index (χ4v) is 1.32. The van der Waals surface area contributed by atoms with Gasteiger partial charge in [-0.1, -0.05) is 27.7 Å². The zero-order valence-electron chi connectivity index (χ0n) is 11.4. The summed E-state index contributed by atoms with van der Waals surface area (Å²) in [6.07, 6.45) is 0. The van der Waals surface area contributed by atoms with Crippen LogP contribution < -0.4 is 11.1 Å². The number of carbonyl (C=O) groups is 1. The van der Waals surface area contributed by atoms with Crippen molar-refractivity contribution in [3.63, 3.8) is 0 Å². The molecule has 0 aliphatic carbocycles. The molecular formula is C14H21FN2O. The number of benzene rings is 1. The van der Waals surface area contributed by atoms with Crippen molar-refractivity contribution >= 4 is 11.6 Å². The predicted molar refractivity (Wildman–Crippen MR) is 71.8 cm³/mol. The van der Waals surface area contributed by atoms with Crippen molar-refractivity contribution in [2.24, 2.45) is 11.3 Å². The Bertz CT molecular complexity index is 441. The van der Waals surface area contributed by atoms with Crippen LogP contribution in [0.1, 0.15) is 38.1 Å². The maximum absolute atomic E-state index is 13.5. The molecule has 1 rings (SSSR count). The zero-order valence-corrected chi connectivity index (χ0v) is 11.4. The predicted octanol–water partition coefficient (Wildman–Crippen LogP) is 2.82. The Morgan fingerprint density at radius 1 is 1.44 bits per heavy atom. The van der Waals surface area contributed by atoms with Crippen molar-refractivity contribution in [2.45, 2.75) is 27.7 Å². The minimum Gasteiger partial charge on any atom is -0.399 e. The molecule has 0 saturated heterocycles. The van der Waals surface area contributed by atoms with Crippen LogP contribution in [0.15, 0.2) is 18.2 Å². The highest BCUT2D eigenvalue weighted by molar-refractivity contribution is 5.94. The van der Waals surface area contributed by atoms with Gasteiger partial charge in [0.15, 0.2) is 0 Å². The Balaban J connectivity index is 2.72. The number of nitrogens with one attached hydrogen (secondary N) is 1. The van der Waals surface area contributed by atoms with E-state index in [4.69, 9.17) is 5.73 Å². The van der Waals surface area contributed by atoms with E-state index < -0.39 is 11.7 Å². The van der Waals surface area contributed by atoms with Gasteiger partial charge in [0.2, 0.25) is 0 Å². The topological polar surface area (TPSA) is 55.1 Å². The molecule has 0 saturated carbocycles. The Labute approximate surface area is 108 Å². The summed E-state index contributed by atoms with van der Waals surface area (Å²) >= 11 is 0. The van der Waals surface area contributed by atoms with Crippen LogP contribution in [0, 0.1) is 17.2 Å². The lowest BCUT2D eigenvalue weighted by Crippen LogP contribution is -2.37. The molecule has 0 aromatic heterocycles. The SMILES string of the molecule is CC(C)C(C)(C)CNC(=O)c1ccc(N)cc1F. The number of nitrogens with two attached hydrogens (primary N) is 1. The highest BCUT2D eigenvalue weighted by Crippen LogP contribution is 2.24. The van der Waals surface area contributed by atoms with Gasteiger partial charge < -0.3 is 11.1 Å². The average molecular weight is 252 g/mol. The summed E-state index contributed by atoms with van der Waals surface area (Å²) in [5, 5.41) is 2.76. The van der Waals surface area contributed by atoms with E-state index in [1.54, 1.807) is 0 Å². The summed E-state index contributed by atoms with van der Waals surface area (Å²) in [4.78, 5) is 11.9. The van der Waals surface area contributed by atoms with Gasteiger partial charge in [0, 0.05) is 12.2 Å². The van der Waals surface area contributed by atoms with Crippen LogP contribution in [-0.2, 0) is 0 Å². The van der Waals surface area contributed by atoms with Gasteiger partial charge in [0.1, 0.15) is 5.82 Å². The fraction of sp³-hybridized carbons (Fsp3) is 0.500. The molecule has 1 aromatic rings. The maximum Gasteiger partial charge on any atom is 0.254 e. The maximum atomic E-state index is 13.5. The van der Waals surface area contributed by atoms with E-state index >= 15 is 0 Å². The van der Waals surface area contributed by atoms with E-state index in [0.29, 0.717) is 18.2 Å². The van der Waals surface area contributed by atoms with Crippen molar-refractivity contribution in [2.75, 3.05) is 12.3 Å². The molecular weight excluding hydrogens is 231 g/mol. The molecule has 1 amide bonds. The van der Waals surface area contributed by atoms with Gasteiger partial charge >= 0.3 is 0 Å². The lowest BCUT2D eigenvalue weighted by atomic mass is 9.81. The second-order valence-corrected chi connectivity index (χ2v) is 5.57. The van der Waals surface area contributed by atoms with Gasteiger partial charge in [-0.3, -0.25) is 4.79 Å². The second kappa shape index (κ2) is 5.38. The first kappa shape index (κ1) is 14.5. The lowest BCUT2D eigenvalue weighted by Gasteiger charge is -2.29. The van der Waals surface area contributed by atoms with Gasteiger partial charge in [0.25, 0.3) is 5.91 Å². The van der Waals surface area contributed by atoms with Gasteiger partial charge in [-0.2, -0.15) is 0 Å². The van der Waals surface area contributed by atoms with Crippen LogP contribution in [0.5, 0.6) is 0 Å². The molecule has 0 bridgehead atoms. The van der Waals surface area contributed by atoms with Crippen LogP contribution in [0.2, 0.25) is 0 Å². The standard InChI is InChI=1S/C14H21FN2O/c1-9(2)14(3,4)8-17-13(18)11-6-5-10(16)7-12(11)15/h5-7,9H,8,16H2,1-4H3,(H,17,18). The number of hydrogen-bond donors (Lipinski definition) is 2. The Morgan fingerprint density at radius 2 is 2.06 bits per heavy atom. The first-order valence-corrected chi connectivity index (χ1v) is 6.07. The number of rotatable bonds is 4. The molecule has 0 unspecified atom stereocenters. The Kier molecular flexibility index (Phi) is 4.33. The molecule has 3 nitrogen and oxygen atoms in total. The monoisotopic (exact) mass is 252 g/mol. The summed E-state index contributed by atoms with van der Waals surface area (Å²) in [6, 6.07) is 4.08. The molecule has 4 heteroatoms. The zero-order chi connectivity index (χ0) is 13.9. The number of anilines is 1. The summed E-state index contributed by atoms with van der Waals surface area (Å²) in [5.74, 6) is -0.565. The molecule has 0 atom stereocenters. The van der Waals surface area contributed by atoms with E-state index in [1.807, 2.05) is 0 Å². The van der Waals surface area contributed by atoms with E-state index in [1.165, 1.54) is 12.1 Å². The van der Waals surface area contributed by atoms with E-state index in [-0.39, 0.29) is 11.0 Å². The first-order valence-electron chi connectivity index (χ1n) is 6.07. The first-order chi connectivity index (χ1) is 8.24. The largest absolute Gasteiger partial charge is 0.399 e. The van der Waals surface area contributed by atoms with Crippen molar-refractivity contribution in [3.8, 4) is 0 Å². The van der Waals surface area contributed by atoms with Crippen LogP contribution >= 0.6 is 0 Å². The lowest BCUT2D eigenvalue weighted by molar-refractivity contribution is 0.0921. The molecule has 0 heterocycles. The van der Waals surface area contributed by atoms with Gasteiger partial charge in [0.05, 0.1) is 5.56 Å². The number of hydrogen-bond acceptors (Lipinski definition) is 2. The number of halogens is 1. The molecule has 1 aromatic carbocycles. The van der Waals surface area contributed by atoms with E-state index in [2.05, 4.69) is 33.0 Å². The highest BCUT2D eigenvalue weighted by Gasteiger charge is 2.23. The third-order valence-electron chi connectivity index (χ3n) is 3.51. The molecule has 0 aliphatic heterocycles. The molecule has 0 spiro atoms. The van der Waals surface area contributed by atoms with E-state index in [9.17, 15) is 9.18 Å². The fourth-order valence-electron chi connectivity index (χ4n) is 1.32. The molecule has 0 radical (unpaired) electrons. The van der Waals surface area contributed by atoms with Crippen molar-refractivity contribution < 1.29 is 9.18 Å². The number of amides is 1. The smallest absolute Gasteiger partial charge is 0.254 e. The highest BCUT2D eigenvalue weighted by atomic mass is 19.1. The van der Waals surface area contributed by atoms with Crippen LogP contribution in [0.3, 0.4) is 0 Å². The third-order valence-corrected chi connectivity index (χ3v) is 3.51. The van der Waals surface area contributed by atoms with E-state index in [0.717, 1.165) is 6.07 Å². The average Bonchev–Trinajstić information content (AvgIpc) is 2.25. The van der Waals surface area contributed by atoms with Crippen molar-refractivity contribution in [1.82, 2.24) is 5.32 Å². The van der Waals surface area contributed by atoms with Gasteiger partial charge in [-0.05, 0) is 29.5 Å². The number of nitrogen functional groups attached to an aromatic ring is 1. The summed E-state index contributed by atoms with van der Waals surface area (Å²) < 4.78 is 13.5. The Morgan fingerprint density at radius 3 is 2.56 bits per heavy atom. The minimum absolute atomic E-state index is 0.0278. The normalized spacial score (nSPS) is 11.7. The van der Waals surface area contributed by atoms with Gasteiger partial charge in [-0.25, -0.2) is 4.39 Å².